The minimum absolute atomic E-state index is 0.133. The molecular weight excluding hydrogens is 486 g/mol. The number of carboxylic acids is 1. The highest BCUT2D eigenvalue weighted by molar-refractivity contribution is 7.14. The van der Waals surface area contributed by atoms with Crippen molar-refractivity contribution in [3.63, 3.8) is 0 Å². The second-order valence-electron chi connectivity index (χ2n) is 8.68. The second-order valence-corrected chi connectivity index (χ2v) is 10.5. The number of amides is 1. The molecular formula is C25H25N3O5S2. The van der Waals surface area contributed by atoms with Crippen molar-refractivity contribution in [3.05, 3.63) is 63.3 Å². The first-order valence-corrected chi connectivity index (χ1v) is 13.3. The number of anilines is 1. The molecule has 0 radical (unpaired) electrons. The first-order chi connectivity index (χ1) is 17.0. The lowest BCUT2D eigenvalue weighted by molar-refractivity contribution is -0.143. The maximum Gasteiger partial charge on any atom is 0.307 e. The number of hydrogen-bond acceptors (Lipinski definition) is 8. The number of aliphatic carboxylic acids is 1. The molecule has 2 aromatic heterocycles. The number of ether oxygens (including phenoxy) is 1. The van der Waals surface area contributed by atoms with E-state index in [0.717, 1.165) is 13.0 Å². The monoisotopic (exact) mass is 511 g/mol. The number of likely N-dealkylation sites (tertiary alicyclic amines) is 1. The quantitative estimate of drug-likeness (QED) is 0.480. The van der Waals surface area contributed by atoms with Crippen LogP contribution in [0.4, 0.5) is 5.13 Å². The third-order valence-electron chi connectivity index (χ3n) is 6.33. The van der Waals surface area contributed by atoms with Gasteiger partial charge in [0.1, 0.15) is 11.4 Å². The fraction of sp³-hybridized carbons (Fsp3) is 0.360. The van der Waals surface area contributed by atoms with Crippen LogP contribution in [0.2, 0.25) is 0 Å². The Morgan fingerprint density at radius 1 is 1.20 bits per heavy atom. The zero-order valence-electron chi connectivity index (χ0n) is 19.0. The predicted octanol–water partition coefficient (Wildman–Crippen LogP) is 4.35. The van der Waals surface area contributed by atoms with Gasteiger partial charge in [0.15, 0.2) is 5.13 Å². The van der Waals surface area contributed by atoms with Gasteiger partial charge in [-0.2, -0.15) is 0 Å². The number of piperidine rings is 1. The number of hydrogen-bond donors (Lipinski definition) is 1. The van der Waals surface area contributed by atoms with E-state index in [1.807, 2.05) is 17.5 Å². The van der Waals surface area contributed by atoms with Gasteiger partial charge in [-0.1, -0.05) is 18.2 Å². The Kier molecular flexibility index (Phi) is 6.94. The summed E-state index contributed by atoms with van der Waals surface area (Å²) in [5.74, 6) is -0.797. The van der Waals surface area contributed by atoms with Crippen molar-refractivity contribution >= 4 is 45.5 Å². The molecule has 35 heavy (non-hydrogen) atoms. The minimum Gasteiger partial charge on any atom is -0.481 e. The molecule has 10 heteroatoms. The van der Waals surface area contributed by atoms with Gasteiger partial charge in [0.2, 0.25) is 11.9 Å². The SMILES string of the molecule is O=C(O)C1CCCN(CCCN(C(=O)c2cccs2)c2nc(C3Oc4ccccc4C3=O)cs2)C1. The Morgan fingerprint density at radius 3 is 2.83 bits per heavy atom. The van der Waals surface area contributed by atoms with Crippen LogP contribution < -0.4 is 9.64 Å². The molecule has 182 valence electrons. The van der Waals surface area contributed by atoms with Crippen molar-refractivity contribution in [1.29, 1.82) is 0 Å². The van der Waals surface area contributed by atoms with Gasteiger partial charge in [-0.25, -0.2) is 4.98 Å². The van der Waals surface area contributed by atoms with Crippen molar-refractivity contribution in [2.75, 3.05) is 31.1 Å². The number of carbonyl (C=O) groups excluding carboxylic acids is 2. The molecule has 2 atom stereocenters. The maximum atomic E-state index is 13.3. The first-order valence-electron chi connectivity index (χ1n) is 11.6. The smallest absolute Gasteiger partial charge is 0.307 e. The average Bonchev–Trinajstić information content (AvgIpc) is 3.63. The van der Waals surface area contributed by atoms with Gasteiger partial charge in [0, 0.05) is 18.5 Å². The highest BCUT2D eigenvalue weighted by Crippen LogP contribution is 2.38. The predicted molar refractivity (Wildman–Crippen MR) is 134 cm³/mol. The van der Waals surface area contributed by atoms with E-state index in [9.17, 15) is 19.5 Å². The molecule has 8 nitrogen and oxygen atoms in total. The summed E-state index contributed by atoms with van der Waals surface area (Å²) in [6.45, 7) is 2.55. The number of rotatable bonds is 8. The highest BCUT2D eigenvalue weighted by atomic mass is 32.1. The van der Waals surface area contributed by atoms with Crippen molar-refractivity contribution in [2.45, 2.75) is 25.4 Å². The lowest BCUT2D eigenvalue weighted by Gasteiger charge is -2.31. The second kappa shape index (κ2) is 10.3. The number of ketones is 1. The Balaban J connectivity index is 1.30. The van der Waals surface area contributed by atoms with Crippen LogP contribution in [-0.4, -0.2) is 58.8 Å². The third kappa shape index (κ3) is 5.00. The number of nitrogens with zero attached hydrogens (tertiary/aromatic N) is 3. The van der Waals surface area contributed by atoms with Crippen LogP contribution in [0, 0.1) is 5.92 Å². The Hall–Kier alpha value is -3.08. The Bertz CT molecular complexity index is 1230. The fourth-order valence-corrected chi connectivity index (χ4v) is 6.07. The van der Waals surface area contributed by atoms with Gasteiger partial charge in [0.05, 0.1) is 16.4 Å². The number of fused-ring (bicyclic) bond motifs is 1. The highest BCUT2D eigenvalue weighted by Gasteiger charge is 2.36. The molecule has 0 spiro atoms. The van der Waals surface area contributed by atoms with Gasteiger partial charge in [-0.05, 0) is 55.9 Å². The molecule has 3 aromatic rings. The standard InChI is InChI=1S/C25H25N3O5S2/c29-21-17-7-1-2-8-19(17)33-22(21)18-15-35-25(26-18)28(23(30)20-9-4-13-34-20)12-5-11-27-10-3-6-16(14-27)24(31)32/h1-2,4,7-9,13,15-16,22H,3,5-6,10-12,14H2,(H,31,32). The molecule has 1 fully saturated rings. The lowest BCUT2D eigenvalue weighted by Crippen LogP contribution is -2.40. The molecule has 1 amide bonds. The van der Waals surface area contributed by atoms with Crippen LogP contribution in [0.15, 0.2) is 47.2 Å². The van der Waals surface area contributed by atoms with Crippen LogP contribution in [0.25, 0.3) is 0 Å². The summed E-state index contributed by atoms with van der Waals surface area (Å²) in [7, 11) is 0. The zero-order chi connectivity index (χ0) is 24.4. The summed E-state index contributed by atoms with van der Waals surface area (Å²) in [6, 6.07) is 10.8. The molecule has 1 N–H and O–H groups in total. The van der Waals surface area contributed by atoms with E-state index in [2.05, 4.69) is 9.88 Å². The van der Waals surface area contributed by atoms with E-state index in [1.165, 1.54) is 22.7 Å². The van der Waals surface area contributed by atoms with Crippen molar-refractivity contribution in [1.82, 2.24) is 9.88 Å². The molecule has 5 rings (SSSR count). The molecule has 0 aliphatic carbocycles. The van der Waals surface area contributed by atoms with E-state index >= 15 is 0 Å². The number of Topliss-reactive ketones (excluding diaryl/α,β-unsaturated/α-hetero) is 1. The van der Waals surface area contributed by atoms with Gasteiger partial charge < -0.3 is 14.7 Å². The van der Waals surface area contributed by atoms with Crippen molar-refractivity contribution in [2.24, 2.45) is 5.92 Å². The van der Waals surface area contributed by atoms with Gasteiger partial charge in [-0.3, -0.25) is 19.3 Å². The summed E-state index contributed by atoms with van der Waals surface area (Å²) < 4.78 is 5.86. The molecule has 4 heterocycles. The summed E-state index contributed by atoms with van der Waals surface area (Å²) in [4.78, 5) is 46.6. The normalized spacial score (nSPS) is 19.8. The molecule has 1 saturated heterocycles. The van der Waals surface area contributed by atoms with Crippen LogP contribution in [0.5, 0.6) is 5.75 Å². The number of para-hydroxylation sites is 1. The largest absolute Gasteiger partial charge is 0.481 e. The Labute approximate surface area is 210 Å². The molecule has 2 aliphatic rings. The minimum atomic E-state index is -0.808. The van der Waals surface area contributed by atoms with Gasteiger partial charge in [-0.15, -0.1) is 22.7 Å². The molecule has 0 bridgehead atoms. The van der Waals surface area contributed by atoms with Gasteiger partial charge >= 0.3 is 5.97 Å². The zero-order valence-corrected chi connectivity index (χ0v) is 20.6. The van der Waals surface area contributed by atoms with Crippen LogP contribution in [-0.2, 0) is 4.79 Å². The first kappa shape index (κ1) is 23.7. The number of benzene rings is 1. The maximum absolute atomic E-state index is 13.3. The molecule has 2 aliphatic heterocycles. The fourth-order valence-electron chi connectivity index (χ4n) is 4.54. The van der Waals surface area contributed by atoms with E-state index in [-0.39, 0.29) is 17.6 Å². The third-order valence-corrected chi connectivity index (χ3v) is 8.07. The number of carboxylic acid groups (broad SMARTS) is 1. The van der Waals surface area contributed by atoms with Gasteiger partial charge in [0.25, 0.3) is 5.91 Å². The average molecular weight is 512 g/mol. The number of aromatic nitrogens is 1. The topological polar surface area (TPSA) is 100 Å². The molecule has 2 unspecified atom stereocenters. The van der Waals surface area contributed by atoms with Crippen LogP contribution >= 0.6 is 22.7 Å². The molecule has 0 saturated carbocycles. The van der Waals surface area contributed by atoms with E-state index < -0.39 is 12.1 Å². The molecule has 1 aromatic carbocycles. The van der Waals surface area contributed by atoms with E-state index in [0.29, 0.717) is 59.5 Å². The summed E-state index contributed by atoms with van der Waals surface area (Å²) in [6.07, 6.45) is 1.45. The van der Waals surface area contributed by atoms with Crippen molar-refractivity contribution in [3.8, 4) is 5.75 Å². The lowest BCUT2D eigenvalue weighted by atomic mass is 9.98. The van der Waals surface area contributed by atoms with E-state index in [1.54, 1.807) is 34.5 Å². The van der Waals surface area contributed by atoms with Crippen LogP contribution in [0.1, 0.15) is 51.1 Å². The Morgan fingerprint density at radius 2 is 2.06 bits per heavy atom. The summed E-state index contributed by atoms with van der Waals surface area (Å²) >= 11 is 2.69. The number of carbonyl (C=O) groups is 3. The summed E-state index contributed by atoms with van der Waals surface area (Å²) in [5.41, 5.74) is 1.04. The number of thiophene rings is 1. The van der Waals surface area contributed by atoms with Crippen LogP contribution in [0.3, 0.4) is 0 Å². The summed E-state index contributed by atoms with van der Waals surface area (Å²) in [5, 5.41) is 13.5. The van der Waals surface area contributed by atoms with E-state index in [4.69, 9.17) is 4.74 Å². The van der Waals surface area contributed by atoms with Crippen molar-refractivity contribution < 1.29 is 24.2 Å². The number of thiazole rings is 1.